The van der Waals surface area contributed by atoms with E-state index in [9.17, 15) is 4.79 Å². The Kier molecular flexibility index (Phi) is 3.74. The van der Waals surface area contributed by atoms with Crippen LogP contribution in [0.2, 0.25) is 0 Å². The van der Waals surface area contributed by atoms with Crippen LogP contribution in [0.4, 0.5) is 5.00 Å². The van der Waals surface area contributed by atoms with Crippen molar-refractivity contribution >= 4 is 45.3 Å². The third kappa shape index (κ3) is 2.57. The Morgan fingerprint density at radius 3 is 1.90 bits per heavy atom. The molecule has 0 aliphatic heterocycles. The van der Waals surface area contributed by atoms with Gasteiger partial charge in [0.25, 0.3) is 0 Å². The van der Waals surface area contributed by atoms with Gasteiger partial charge in [0.2, 0.25) is 0 Å². The zero-order chi connectivity index (χ0) is 14.1. The number of aldehydes is 1. The summed E-state index contributed by atoms with van der Waals surface area (Å²) in [6, 6.07) is 12.5. The van der Waals surface area contributed by atoms with E-state index in [4.69, 9.17) is 0 Å². The summed E-state index contributed by atoms with van der Waals surface area (Å²) < 4.78 is 0. The van der Waals surface area contributed by atoms with Crippen molar-refractivity contribution in [3.63, 3.8) is 0 Å². The monoisotopic (exact) mass is 319 g/mol. The summed E-state index contributed by atoms with van der Waals surface area (Å²) in [5.41, 5.74) is 0. The van der Waals surface area contributed by atoms with Gasteiger partial charge in [0.15, 0.2) is 6.29 Å². The van der Waals surface area contributed by atoms with Gasteiger partial charge in [-0.1, -0.05) is 0 Å². The zero-order valence-corrected chi connectivity index (χ0v) is 13.6. The highest BCUT2D eigenvalue weighted by Crippen LogP contribution is 2.41. The van der Waals surface area contributed by atoms with Crippen molar-refractivity contribution < 1.29 is 4.79 Å². The van der Waals surface area contributed by atoms with Gasteiger partial charge in [-0.3, -0.25) is 4.79 Å². The molecule has 2 nitrogen and oxygen atoms in total. The molecular formula is C15H13NOS3. The average Bonchev–Trinajstić information content (AvgIpc) is 3.17. The topological polar surface area (TPSA) is 20.3 Å². The molecule has 0 amide bonds. The summed E-state index contributed by atoms with van der Waals surface area (Å²) in [7, 11) is 4.12. The Labute approximate surface area is 129 Å². The first-order valence-corrected chi connectivity index (χ1v) is 8.55. The molecule has 0 spiro atoms. The number of carbonyl (C=O) groups is 1. The number of anilines is 1. The van der Waals surface area contributed by atoms with Crippen molar-refractivity contribution in [2.45, 2.75) is 0 Å². The predicted octanol–water partition coefficient (Wildman–Crippen LogP) is 5.08. The zero-order valence-electron chi connectivity index (χ0n) is 11.1. The molecule has 0 aromatic carbocycles. The molecule has 5 heteroatoms. The molecule has 0 aliphatic carbocycles. The lowest BCUT2D eigenvalue weighted by Gasteiger charge is -2.06. The summed E-state index contributed by atoms with van der Waals surface area (Å²) >= 11 is 5.11. The van der Waals surface area contributed by atoms with Crippen molar-refractivity contribution in [3.8, 4) is 19.5 Å². The quantitative estimate of drug-likeness (QED) is 0.625. The van der Waals surface area contributed by atoms with E-state index in [1.165, 1.54) is 19.6 Å². The minimum absolute atomic E-state index is 0.779. The number of carbonyl (C=O) groups excluding carboxylic acids is 1. The van der Waals surface area contributed by atoms with Crippen molar-refractivity contribution in [1.82, 2.24) is 0 Å². The third-order valence-corrected chi connectivity index (χ3v) is 6.61. The van der Waals surface area contributed by atoms with Gasteiger partial charge in [-0.15, -0.1) is 34.0 Å². The fraction of sp³-hybridized carbons (Fsp3) is 0.133. The van der Waals surface area contributed by atoms with Crippen molar-refractivity contribution in [2.24, 2.45) is 0 Å². The van der Waals surface area contributed by atoms with Crippen LogP contribution in [-0.2, 0) is 0 Å². The summed E-state index contributed by atoms with van der Waals surface area (Å²) in [4.78, 5) is 18.6. The van der Waals surface area contributed by atoms with Crippen molar-refractivity contribution in [1.29, 1.82) is 0 Å². The smallest absolute Gasteiger partial charge is 0.160 e. The highest BCUT2D eigenvalue weighted by Gasteiger charge is 2.10. The standard InChI is InChI=1S/C15H13NOS3/c1-16(2)15-8-7-14(20-15)13-6-5-12(19-13)11-4-3-10(9-17)18-11/h3-9H,1-2H3. The third-order valence-electron chi connectivity index (χ3n) is 2.87. The second kappa shape index (κ2) is 5.52. The van der Waals surface area contributed by atoms with Crippen LogP contribution in [0.15, 0.2) is 36.4 Å². The largest absolute Gasteiger partial charge is 0.370 e. The maximum absolute atomic E-state index is 10.8. The Morgan fingerprint density at radius 2 is 1.35 bits per heavy atom. The molecular weight excluding hydrogens is 306 g/mol. The Balaban J connectivity index is 1.90. The number of thiophene rings is 3. The molecule has 0 atom stereocenters. The number of nitrogens with zero attached hydrogens (tertiary/aromatic N) is 1. The second-order valence-corrected chi connectivity index (χ2v) is 7.78. The molecule has 0 bridgehead atoms. The SMILES string of the molecule is CN(C)c1ccc(-c2ccc(-c3ccc(C=O)s3)s2)s1. The van der Waals surface area contributed by atoms with Crippen LogP contribution in [0.1, 0.15) is 9.67 Å². The van der Waals surface area contributed by atoms with Crippen LogP contribution in [0.25, 0.3) is 19.5 Å². The molecule has 0 radical (unpaired) electrons. The van der Waals surface area contributed by atoms with E-state index >= 15 is 0 Å². The average molecular weight is 319 g/mol. The fourth-order valence-corrected chi connectivity index (χ4v) is 4.79. The van der Waals surface area contributed by atoms with Gasteiger partial charge in [-0.25, -0.2) is 0 Å². The summed E-state index contributed by atoms with van der Waals surface area (Å²) in [5.74, 6) is 0. The highest BCUT2D eigenvalue weighted by atomic mass is 32.1. The van der Waals surface area contributed by atoms with Crippen LogP contribution < -0.4 is 4.90 Å². The highest BCUT2D eigenvalue weighted by molar-refractivity contribution is 7.27. The lowest BCUT2D eigenvalue weighted by atomic mass is 10.3. The van der Waals surface area contributed by atoms with Gasteiger partial charge in [-0.2, -0.15) is 0 Å². The maximum Gasteiger partial charge on any atom is 0.160 e. The Hall–Kier alpha value is -1.43. The molecule has 0 saturated heterocycles. The van der Waals surface area contributed by atoms with Crippen molar-refractivity contribution in [3.05, 3.63) is 41.3 Å². The van der Waals surface area contributed by atoms with Gasteiger partial charge in [-0.05, 0) is 36.4 Å². The fourth-order valence-electron chi connectivity index (χ4n) is 1.85. The van der Waals surface area contributed by atoms with Gasteiger partial charge >= 0.3 is 0 Å². The first kappa shape index (κ1) is 13.5. The van der Waals surface area contributed by atoms with E-state index in [0.717, 1.165) is 16.0 Å². The van der Waals surface area contributed by atoms with E-state index in [1.54, 1.807) is 34.0 Å². The number of rotatable bonds is 4. The molecule has 3 aromatic heterocycles. The molecule has 0 N–H and O–H groups in total. The molecule has 0 unspecified atom stereocenters. The normalized spacial score (nSPS) is 10.7. The van der Waals surface area contributed by atoms with E-state index < -0.39 is 0 Å². The summed E-state index contributed by atoms with van der Waals surface area (Å²) in [6.45, 7) is 0. The Bertz CT molecular complexity index is 736. The number of hydrogen-bond acceptors (Lipinski definition) is 5. The van der Waals surface area contributed by atoms with E-state index in [1.807, 2.05) is 12.1 Å². The molecule has 3 heterocycles. The van der Waals surface area contributed by atoms with Crippen LogP contribution in [-0.4, -0.2) is 20.4 Å². The van der Waals surface area contributed by atoms with Crippen LogP contribution in [0.5, 0.6) is 0 Å². The molecule has 20 heavy (non-hydrogen) atoms. The Morgan fingerprint density at radius 1 is 0.800 bits per heavy atom. The van der Waals surface area contributed by atoms with Crippen LogP contribution >= 0.6 is 34.0 Å². The summed E-state index contributed by atoms with van der Waals surface area (Å²) in [5, 5.41) is 1.26. The van der Waals surface area contributed by atoms with Crippen LogP contribution in [0.3, 0.4) is 0 Å². The minimum atomic E-state index is 0.779. The first-order valence-electron chi connectivity index (χ1n) is 6.10. The molecule has 0 fully saturated rings. The second-order valence-electron chi connectivity index (χ2n) is 4.52. The van der Waals surface area contributed by atoms with Gasteiger partial charge in [0.1, 0.15) is 0 Å². The lowest BCUT2D eigenvalue weighted by molar-refractivity contribution is 0.112. The van der Waals surface area contributed by atoms with Gasteiger partial charge in [0.05, 0.1) is 9.88 Å². The molecule has 0 aliphatic rings. The first-order chi connectivity index (χ1) is 9.67. The maximum atomic E-state index is 10.8. The lowest BCUT2D eigenvalue weighted by Crippen LogP contribution is -2.05. The number of hydrogen-bond donors (Lipinski definition) is 0. The van der Waals surface area contributed by atoms with Gasteiger partial charge in [0, 0.05) is 33.6 Å². The molecule has 3 aromatic rings. The van der Waals surface area contributed by atoms with E-state index in [2.05, 4.69) is 43.3 Å². The van der Waals surface area contributed by atoms with Crippen LogP contribution in [0, 0.1) is 0 Å². The predicted molar refractivity (Wildman–Crippen MR) is 90.7 cm³/mol. The van der Waals surface area contributed by atoms with E-state index in [-0.39, 0.29) is 0 Å². The van der Waals surface area contributed by atoms with Gasteiger partial charge < -0.3 is 4.90 Å². The molecule has 102 valence electrons. The molecule has 3 rings (SSSR count). The summed E-state index contributed by atoms with van der Waals surface area (Å²) in [6.07, 6.45) is 0.908. The van der Waals surface area contributed by atoms with Crippen molar-refractivity contribution in [2.75, 3.05) is 19.0 Å². The molecule has 0 saturated carbocycles. The van der Waals surface area contributed by atoms with E-state index in [0.29, 0.717) is 0 Å². The minimum Gasteiger partial charge on any atom is -0.370 e.